The Bertz CT molecular complexity index is 689. The lowest BCUT2D eigenvalue weighted by Gasteiger charge is -2.27. The molecular formula is C20H20O4. The summed E-state index contributed by atoms with van der Waals surface area (Å²) in [5.41, 5.74) is 0.00589. The highest BCUT2D eigenvalue weighted by Crippen LogP contribution is 2.32. The first-order valence-corrected chi connectivity index (χ1v) is 7.59. The highest BCUT2D eigenvalue weighted by atomic mass is 16.5. The van der Waals surface area contributed by atoms with E-state index in [-0.39, 0.29) is 6.42 Å². The van der Waals surface area contributed by atoms with Gasteiger partial charge in [-0.2, -0.15) is 0 Å². The summed E-state index contributed by atoms with van der Waals surface area (Å²) < 4.78 is 9.84. The van der Waals surface area contributed by atoms with E-state index in [1.807, 2.05) is 42.5 Å². The molecule has 0 atom stereocenters. The molecular weight excluding hydrogens is 304 g/mol. The number of rotatable bonds is 6. The van der Waals surface area contributed by atoms with E-state index in [2.05, 4.69) is 0 Å². The maximum absolute atomic E-state index is 12.5. The van der Waals surface area contributed by atoms with Gasteiger partial charge in [0.25, 0.3) is 0 Å². The molecule has 0 saturated carbocycles. The van der Waals surface area contributed by atoms with Crippen molar-refractivity contribution in [2.75, 3.05) is 14.2 Å². The second-order valence-electron chi connectivity index (χ2n) is 5.27. The van der Waals surface area contributed by atoms with Gasteiger partial charge in [-0.1, -0.05) is 72.8 Å². The molecule has 0 bridgehead atoms. The lowest BCUT2D eigenvalue weighted by Crippen LogP contribution is -2.45. The minimum atomic E-state index is -1.52. The summed E-state index contributed by atoms with van der Waals surface area (Å²) in [6, 6.07) is 18.5. The van der Waals surface area contributed by atoms with Gasteiger partial charge < -0.3 is 9.47 Å². The lowest BCUT2D eigenvalue weighted by molar-refractivity contribution is -0.161. The molecule has 0 amide bonds. The molecule has 4 heteroatoms. The summed E-state index contributed by atoms with van der Waals surface area (Å²) >= 11 is 0. The van der Waals surface area contributed by atoms with Gasteiger partial charge in [0.1, 0.15) is 0 Å². The normalized spacial score (nSPS) is 11.2. The Balaban J connectivity index is 2.43. The van der Waals surface area contributed by atoms with Crippen LogP contribution < -0.4 is 0 Å². The van der Waals surface area contributed by atoms with Crippen LogP contribution >= 0.6 is 0 Å². The van der Waals surface area contributed by atoms with E-state index in [0.717, 1.165) is 5.56 Å². The number of methoxy groups -OCH3 is 2. The molecule has 24 heavy (non-hydrogen) atoms. The predicted molar refractivity (Wildman–Crippen MR) is 92.2 cm³/mol. The van der Waals surface area contributed by atoms with Crippen LogP contribution in [-0.2, 0) is 24.5 Å². The average Bonchev–Trinajstić information content (AvgIpc) is 2.65. The SMILES string of the molecule is COC(=O)C(C/C=C\c1ccccc1)(C(=O)OC)c1ccccc1. The number of hydrogen-bond acceptors (Lipinski definition) is 4. The standard InChI is InChI=1S/C20H20O4/c1-23-18(21)20(19(22)24-2,17-13-7-4-8-14-17)15-9-12-16-10-5-3-6-11-16/h3-14H,15H2,1-2H3/b12-9-. The van der Waals surface area contributed by atoms with Crippen molar-refractivity contribution in [3.05, 3.63) is 77.9 Å². The number of carbonyl (C=O) groups is 2. The first-order chi connectivity index (χ1) is 11.6. The molecule has 0 aliphatic rings. The van der Waals surface area contributed by atoms with E-state index in [1.54, 1.807) is 30.3 Å². The van der Waals surface area contributed by atoms with Crippen molar-refractivity contribution in [2.24, 2.45) is 0 Å². The van der Waals surface area contributed by atoms with Crippen LogP contribution in [0.15, 0.2) is 66.7 Å². The Labute approximate surface area is 141 Å². The molecule has 0 heterocycles. The van der Waals surface area contributed by atoms with Crippen LogP contribution in [0.1, 0.15) is 17.5 Å². The summed E-state index contributed by atoms with van der Waals surface area (Å²) in [5.74, 6) is -1.28. The minimum absolute atomic E-state index is 0.144. The van der Waals surface area contributed by atoms with Gasteiger partial charge in [-0.15, -0.1) is 0 Å². The maximum atomic E-state index is 12.5. The molecule has 4 nitrogen and oxygen atoms in total. The molecule has 0 N–H and O–H groups in total. The van der Waals surface area contributed by atoms with Crippen LogP contribution in [0, 0.1) is 0 Å². The zero-order valence-corrected chi connectivity index (χ0v) is 13.8. The molecule has 0 aromatic heterocycles. The smallest absolute Gasteiger partial charge is 0.328 e. The summed E-state index contributed by atoms with van der Waals surface area (Å²) in [5, 5.41) is 0. The Kier molecular flexibility index (Phi) is 5.90. The van der Waals surface area contributed by atoms with Gasteiger partial charge in [0.2, 0.25) is 0 Å². The first kappa shape index (κ1) is 17.5. The van der Waals surface area contributed by atoms with Gasteiger partial charge >= 0.3 is 11.9 Å². The van der Waals surface area contributed by atoms with E-state index in [0.29, 0.717) is 5.56 Å². The number of esters is 2. The highest BCUT2D eigenvalue weighted by Gasteiger charge is 2.49. The fourth-order valence-corrected chi connectivity index (χ4v) is 2.61. The maximum Gasteiger partial charge on any atom is 0.328 e. The van der Waals surface area contributed by atoms with Crippen LogP contribution in [0.25, 0.3) is 6.08 Å². The van der Waals surface area contributed by atoms with Crippen LogP contribution in [0.4, 0.5) is 0 Å². The number of hydrogen-bond donors (Lipinski definition) is 0. The number of allylic oxidation sites excluding steroid dienone is 1. The molecule has 0 unspecified atom stereocenters. The molecule has 0 aliphatic carbocycles. The minimum Gasteiger partial charge on any atom is -0.468 e. The van der Waals surface area contributed by atoms with Gasteiger partial charge in [0.05, 0.1) is 14.2 Å². The van der Waals surface area contributed by atoms with Crippen molar-refractivity contribution in [2.45, 2.75) is 11.8 Å². The molecule has 2 aromatic carbocycles. The number of carbonyl (C=O) groups excluding carboxylic acids is 2. The van der Waals surface area contributed by atoms with Gasteiger partial charge in [-0.3, -0.25) is 9.59 Å². The van der Waals surface area contributed by atoms with Crippen molar-refractivity contribution >= 4 is 18.0 Å². The van der Waals surface area contributed by atoms with Crippen LogP contribution in [0.2, 0.25) is 0 Å². The second kappa shape index (κ2) is 8.11. The third kappa shape index (κ3) is 3.54. The van der Waals surface area contributed by atoms with Gasteiger partial charge in [-0.05, 0) is 17.5 Å². The Hall–Kier alpha value is -2.88. The first-order valence-electron chi connectivity index (χ1n) is 7.59. The predicted octanol–water partition coefficient (Wildman–Crippen LogP) is 3.37. The van der Waals surface area contributed by atoms with Gasteiger partial charge in [0, 0.05) is 0 Å². The largest absolute Gasteiger partial charge is 0.468 e. The third-order valence-corrected chi connectivity index (χ3v) is 3.87. The Morgan fingerprint density at radius 2 is 1.38 bits per heavy atom. The quantitative estimate of drug-likeness (QED) is 0.604. The molecule has 2 rings (SSSR count). The van der Waals surface area contributed by atoms with Crippen molar-refractivity contribution in [1.29, 1.82) is 0 Å². The van der Waals surface area contributed by atoms with Crippen molar-refractivity contribution < 1.29 is 19.1 Å². The van der Waals surface area contributed by atoms with E-state index in [9.17, 15) is 9.59 Å². The molecule has 0 fully saturated rings. The fraction of sp³-hybridized carbons (Fsp3) is 0.200. The van der Waals surface area contributed by atoms with Crippen molar-refractivity contribution in [3.8, 4) is 0 Å². The zero-order valence-electron chi connectivity index (χ0n) is 13.8. The summed E-state index contributed by atoms with van der Waals surface area (Å²) in [4.78, 5) is 25.0. The molecule has 0 aliphatic heterocycles. The summed E-state index contributed by atoms with van der Waals surface area (Å²) in [6.07, 6.45) is 3.80. The summed E-state index contributed by atoms with van der Waals surface area (Å²) in [7, 11) is 2.54. The van der Waals surface area contributed by atoms with Gasteiger partial charge in [0.15, 0.2) is 5.41 Å². The Morgan fingerprint density at radius 3 is 1.88 bits per heavy atom. The van der Waals surface area contributed by atoms with Crippen LogP contribution in [0.3, 0.4) is 0 Å². The monoisotopic (exact) mass is 324 g/mol. The third-order valence-electron chi connectivity index (χ3n) is 3.87. The van der Waals surface area contributed by atoms with Crippen molar-refractivity contribution in [3.63, 3.8) is 0 Å². The molecule has 124 valence electrons. The Morgan fingerprint density at radius 1 is 0.875 bits per heavy atom. The molecule has 0 radical (unpaired) electrons. The van der Waals surface area contributed by atoms with E-state index >= 15 is 0 Å². The van der Waals surface area contributed by atoms with E-state index in [4.69, 9.17) is 9.47 Å². The topological polar surface area (TPSA) is 52.6 Å². The fourth-order valence-electron chi connectivity index (χ4n) is 2.61. The molecule has 0 saturated heterocycles. The molecule has 2 aromatic rings. The van der Waals surface area contributed by atoms with Crippen molar-refractivity contribution in [1.82, 2.24) is 0 Å². The summed E-state index contributed by atoms with van der Waals surface area (Å²) in [6.45, 7) is 0. The van der Waals surface area contributed by atoms with Gasteiger partial charge in [-0.25, -0.2) is 0 Å². The lowest BCUT2D eigenvalue weighted by atomic mass is 9.77. The highest BCUT2D eigenvalue weighted by molar-refractivity contribution is 6.06. The van der Waals surface area contributed by atoms with E-state index in [1.165, 1.54) is 14.2 Å². The number of ether oxygens (including phenoxy) is 2. The van der Waals surface area contributed by atoms with E-state index < -0.39 is 17.4 Å². The molecule has 0 spiro atoms. The van der Waals surface area contributed by atoms with Crippen LogP contribution in [0.5, 0.6) is 0 Å². The van der Waals surface area contributed by atoms with Crippen LogP contribution in [-0.4, -0.2) is 26.2 Å². The average molecular weight is 324 g/mol. The zero-order chi connectivity index (χ0) is 17.4. The second-order valence-corrected chi connectivity index (χ2v) is 5.27. The number of benzene rings is 2.